The van der Waals surface area contributed by atoms with Crippen molar-refractivity contribution in [3.63, 3.8) is 0 Å². The molecule has 0 radical (unpaired) electrons. The van der Waals surface area contributed by atoms with Crippen LogP contribution in [0.25, 0.3) is 0 Å². The van der Waals surface area contributed by atoms with Crippen molar-refractivity contribution < 1.29 is 0 Å². The Morgan fingerprint density at radius 2 is 2.14 bits per heavy atom. The number of thiazole rings is 1. The summed E-state index contributed by atoms with van der Waals surface area (Å²) in [5.41, 5.74) is 1.15. The molecule has 0 atom stereocenters. The Labute approximate surface area is 140 Å². The number of nitrogens with zero attached hydrogens (tertiary/aromatic N) is 2. The van der Waals surface area contributed by atoms with Gasteiger partial charge in [-0.1, -0.05) is 6.07 Å². The van der Waals surface area contributed by atoms with Crippen LogP contribution in [0.4, 0.5) is 0 Å². The molecule has 0 aliphatic rings. The summed E-state index contributed by atoms with van der Waals surface area (Å²) >= 11 is 3.58. The molecule has 22 heavy (non-hydrogen) atoms. The van der Waals surface area contributed by atoms with Gasteiger partial charge in [-0.2, -0.15) is 0 Å². The molecule has 0 amide bonds. The molecule has 6 heteroatoms. The van der Waals surface area contributed by atoms with Crippen LogP contribution < -0.4 is 10.6 Å². The molecular weight excluding hydrogens is 312 g/mol. The minimum atomic E-state index is 0.789. The Morgan fingerprint density at radius 1 is 1.27 bits per heavy atom. The molecule has 0 saturated heterocycles. The molecule has 0 aliphatic heterocycles. The molecule has 2 heterocycles. The van der Waals surface area contributed by atoms with Crippen molar-refractivity contribution in [2.24, 2.45) is 4.99 Å². The van der Waals surface area contributed by atoms with Crippen LogP contribution in [0.15, 0.2) is 22.5 Å². The number of aromatic nitrogens is 1. The topological polar surface area (TPSA) is 49.3 Å². The van der Waals surface area contributed by atoms with Crippen LogP contribution in [-0.4, -0.2) is 30.6 Å². The van der Waals surface area contributed by atoms with Gasteiger partial charge in [-0.05, 0) is 38.6 Å². The van der Waals surface area contributed by atoms with Crippen molar-refractivity contribution in [3.8, 4) is 0 Å². The van der Waals surface area contributed by atoms with Gasteiger partial charge in [-0.3, -0.25) is 4.99 Å². The van der Waals surface area contributed by atoms with Crippen LogP contribution in [-0.2, 0) is 12.8 Å². The van der Waals surface area contributed by atoms with E-state index in [9.17, 15) is 0 Å². The second-order valence-electron chi connectivity index (χ2n) is 5.01. The molecule has 0 bridgehead atoms. The summed E-state index contributed by atoms with van der Waals surface area (Å²) in [5.74, 6) is 0.901. The molecule has 2 aromatic rings. The third-order valence-electron chi connectivity index (χ3n) is 3.20. The minimum absolute atomic E-state index is 0.789. The summed E-state index contributed by atoms with van der Waals surface area (Å²) in [6.45, 7) is 8.80. The van der Waals surface area contributed by atoms with Gasteiger partial charge in [0.1, 0.15) is 0 Å². The van der Waals surface area contributed by atoms with Gasteiger partial charge >= 0.3 is 0 Å². The highest BCUT2D eigenvalue weighted by atomic mass is 32.1. The Morgan fingerprint density at radius 3 is 2.77 bits per heavy atom. The summed E-state index contributed by atoms with van der Waals surface area (Å²) in [6.07, 6.45) is 1.99. The summed E-state index contributed by atoms with van der Waals surface area (Å²) < 4.78 is 0. The number of hydrogen-bond donors (Lipinski definition) is 2. The van der Waals surface area contributed by atoms with Gasteiger partial charge in [0.15, 0.2) is 5.96 Å². The van der Waals surface area contributed by atoms with Crippen LogP contribution in [0.1, 0.15) is 27.4 Å². The average molecular weight is 337 g/mol. The molecule has 120 valence electrons. The largest absolute Gasteiger partial charge is 0.357 e. The minimum Gasteiger partial charge on any atom is -0.357 e. The fourth-order valence-corrected chi connectivity index (χ4v) is 3.81. The van der Waals surface area contributed by atoms with Gasteiger partial charge < -0.3 is 10.6 Å². The average Bonchev–Trinajstić information content (AvgIpc) is 3.09. The van der Waals surface area contributed by atoms with Gasteiger partial charge in [-0.25, -0.2) is 4.98 Å². The molecule has 2 N–H and O–H groups in total. The maximum absolute atomic E-state index is 4.65. The lowest BCUT2D eigenvalue weighted by Crippen LogP contribution is -2.38. The predicted molar refractivity (Wildman–Crippen MR) is 97.3 cm³/mol. The van der Waals surface area contributed by atoms with Crippen LogP contribution in [0.3, 0.4) is 0 Å². The van der Waals surface area contributed by atoms with E-state index in [4.69, 9.17) is 0 Å². The van der Waals surface area contributed by atoms with Crippen molar-refractivity contribution in [1.29, 1.82) is 0 Å². The zero-order chi connectivity index (χ0) is 15.8. The highest BCUT2D eigenvalue weighted by Gasteiger charge is 2.04. The van der Waals surface area contributed by atoms with Gasteiger partial charge in [0.25, 0.3) is 0 Å². The summed E-state index contributed by atoms with van der Waals surface area (Å²) in [7, 11) is 0. The Kier molecular flexibility index (Phi) is 6.86. The normalized spacial score (nSPS) is 11.7. The van der Waals surface area contributed by atoms with E-state index >= 15 is 0 Å². The number of hydrogen-bond acceptors (Lipinski definition) is 4. The predicted octanol–water partition coefficient (Wildman–Crippen LogP) is 3.16. The number of nitrogens with one attached hydrogen (secondary N) is 2. The maximum atomic E-state index is 4.65. The molecule has 2 rings (SSSR count). The maximum Gasteiger partial charge on any atom is 0.191 e. The smallest absolute Gasteiger partial charge is 0.191 e. The molecule has 4 nitrogen and oxygen atoms in total. The SMILES string of the molecule is CCNC(=NCCc1sc(C)nc1C)NCCc1cccs1. The fourth-order valence-electron chi connectivity index (χ4n) is 2.18. The highest BCUT2D eigenvalue weighted by Crippen LogP contribution is 2.17. The zero-order valence-corrected chi connectivity index (χ0v) is 15.1. The fraction of sp³-hybridized carbons (Fsp3) is 0.500. The van der Waals surface area contributed by atoms with Crippen molar-refractivity contribution in [2.45, 2.75) is 33.6 Å². The van der Waals surface area contributed by atoms with E-state index in [0.717, 1.165) is 49.1 Å². The van der Waals surface area contributed by atoms with E-state index < -0.39 is 0 Å². The van der Waals surface area contributed by atoms with E-state index in [2.05, 4.69) is 58.9 Å². The van der Waals surface area contributed by atoms with Crippen molar-refractivity contribution in [1.82, 2.24) is 15.6 Å². The third-order valence-corrected chi connectivity index (χ3v) is 5.27. The lowest BCUT2D eigenvalue weighted by Gasteiger charge is -2.10. The van der Waals surface area contributed by atoms with E-state index in [1.807, 2.05) is 0 Å². The monoisotopic (exact) mass is 336 g/mol. The highest BCUT2D eigenvalue weighted by molar-refractivity contribution is 7.11. The molecule has 0 saturated carbocycles. The van der Waals surface area contributed by atoms with Crippen molar-refractivity contribution in [3.05, 3.63) is 38.0 Å². The Hall–Kier alpha value is -1.40. The Bertz CT molecular complexity index is 587. The van der Waals surface area contributed by atoms with Crippen LogP contribution in [0.2, 0.25) is 0 Å². The van der Waals surface area contributed by atoms with Gasteiger partial charge in [-0.15, -0.1) is 22.7 Å². The van der Waals surface area contributed by atoms with E-state index in [-0.39, 0.29) is 0 Å². The molecule has 0 unspecified atom stereocenters. The van der Waals surface area contributed by atoms with Gasteiger partial charge in [0, 0.05) is 35.8 Å². The third kappa shape index (κ3) is 5.42. The van der Waals surface area contributed by atoms with Crippen molar-refractivity contribution in [2.75, 3.05) is 19.6 Å². The quantitative estimate of drug-likeness (QED) is 0.603. The van der Waals surface area contributed by atoms with Gasteiger partial charge in [0.2, 0.25) is 0 Å². The van der Waals surface area contributed by atoms with Crippen LogP contribution in [0, 0.1) is 13.8 Å². The first-order chi connectivity index (χ1) is 10.7. The number of aryl methyl sites for hydroxylation is 2. The van der Waals surface area contributed by atoms with E-state index in [0.29, 0.717) is 0 Å². The summed E-state index contributed by atoms with van der Waals surface area (Å²) in [6, 6.07) is 4.27. The van der Waals surface area contributed by atoms with E-state index in [1.165, 1.54) is 9.75 Å². The lowest BCUT2D eigenvalue weighted by atomic mass is 10.3. The van der Waals surface area contributed by atoms with Crippen LogP contribution >= 0.6 is 22.7 Å². The van der Waals surface area contributed by atoms with Crippen LogP contribution in [0.5, 0.6) is 0 Å². The molecule has 0 fully saturated rings. The second-order valence-corrected chi connectivity index (χ2v) is 7.33. The zero-order valence-electron chi connectivity index (χ0n) is 13.5. The molecule has 0 aromatic carbocycles. The molecule has 0 spiro atoms. The first-order valence-corrected chi connectivity index (χ1v) is 9.36. The van der Waals surface area contributed by atoms with Gasteiger partial charge in [0.05, 0.1) is 10.7 Å². The molecule has 2 aromatic heterocycles. The lowest BCUT2D eigenvalue weighted by molar-refractivity contribution is 0.802. The number of rotatable bonds is 7. The summed E-state index contributed by atoms with van der Waals surface area (Å²) in [4.78, 5) is 11.9. The standard InChI is InChI=1S/C16H24N4S2/c1-4-17-16(18-9-7-14-6-5-11-21-14)19-10-8-15-12(2)20-13(3)22-15/h5-6,11H,4,7-10H2,1-3H3,(H2,17,18,19). The number of thiophene rings is 1. The summed E-state index contributed by atoms with van der Waals surface area (Å²) in [5, 5.41) is 9.95. The Balaban J connectivity index is 1.80. The molecular formula is C16H24N4S2. The number of aliphatic imine (C=N–C) groups is 1. The number of guanidine groups is 1. The van der Waals surface area contributed by atoms with Crippen molar-refractivity contribution >= 4 is 28.6 Å². The first kappa shape index (κ1) is 17.0. The first-order valence-electron chi connectivity index (χ1n) is 7.66. The molecule has 0 aliphatic carbocycles. The van der Waals surface area contributed by atoms with E-state index in [1.54, 1.807) is 22.7 Å². The second kappa shape index (κ2) is 8.90.